The molecule has 1 atom stereocenters. The molecule has 21 heavy (non-hydrogen) atoms. The van der Waals surface area contributed by atoms with E-state index in [0.717, 1.165) is 0 Å². The number of hydrogen-bond donors (Lipinski definition) is 2. The van der Waals surface area contributed by atoms with Gasteiger partial charge in [0.2, 0.25) is 5.91 Å². The largest absolute Gasteiger partial charge is 0.482 e. The molecule has 1 amide bonds. The highest BCUT2D eigenvalue weighted by molar-refractivity contribution is 7.91. The summed E-state index contributed by atoms with van der Waals surface area (Å²) in [6.45, 7) is -0.474. The summed E-state index contributed by atoms with van der Waals surface area (Å²) in [6, 6.07) is 6.29. The Labute approximate surface area is 121 Å². The van der Waals surface area contributed by atoms with E-state index in [1.54, 1.807) is 18.2 Å². The maximum atomic E-state index is 12.0. The number of aliphatic carboxylic acids is 1. The minimum Gasteiger partial charge on any atom is -0.482 e. The lowest BCUT2D eigenvalue weighted by molar-refractivity contribution is -0.139. The zero-order valence-electron chi connectivity index (χ0n) is 11.1. The van der Waals surface area contributed by atoms with Crippen LogP contribution in [0.5, 0.6) is 5.75 Å². The van der Waals surface area contributed by atoms with E-state index in [1.807, 2.05) is 0 Å². The van der Waals surface area contributed by atoms with Gasteiger partial charge in [0.25, 0.3) is 0 Å². The summed E-state index contributed by atoms with van der Waals surface area (Å²) in [6.07, 6.45) is 0.323. The molecule has 114 valence electrons. The lowest BCUT2D eigenvalue weighted by Gasteiger charge is -2.10. The zero-order chi connectivity index (χ0) is 15.5. The van der Waals surface area contributed by atoms with Crippen molar-refractivity contribution in [2.24, 2.45) is 5.92 Å². The van der Waals surface area contributed by atoms with Gasteiger partial charge in [-0.1, -0.05) is 6.07 Å². The fraction of sp³-hybridized carbons (Fsp3) is 0.385. The van der Waals surface area contributed by atoms with Crippen molar-refractivity contribution in [3.05, 3.63) is 24.3 Å². The van der Waals surface area contributed by atoms with E-state index in [1.165, 1.54) is 6.07 Å². The second-order valence-corrected chi connectivity index (χ2v) is 7.03. The predicted molar refractivity (Wildman–Crippen MR) is 75.0 cm³/mol. The third kappa shape index (κ3) is 4.45. The van der Waals surface area contributed by atoms with Gasteiger partial charge in [-0.05, 0) is 18.6 Å². The maximum Gasteiger partial charge on any atom is 0.341 e. The van der Waals surface area contributed by atoms with Crippen LogP contribution in [0.3, 0.4) is 0 Å². The Balaban J connectivity index is 1.98. The zero-order valence-corrected chi connectivity index (χ0v) is 11.9. The summed E-state index contributed by atoms with van der Waals surface area (Å²) in [5, 5.41) is 11.1. The molecule has 8 heteroatoms. The van der Waals surface area contributed by atoms with Crippen LogP contribution in [0.15, 0.2) is 24.3 Å². The third-order valence-electron chi connectivity index (χ3n) is 3.07. The molecule has 1 unspecified atom stereocenters. The first-order chi connectivity index (χ1) is 9.85. The topological polar surface area (TPSA) is 110 Å². The lowest BCUT2D eigenvalue weighted by Crippen LogP contribution is -2.23. The molecule has 7 nitrogen and oxygen atoms in total. The first-order valence-electron chi connectivity index (χ1n) is 6.32. The van der Waals surface area contributed by atoms with Crippen LogP contribution in [0.2, 0.25) is 0 Å². The van der Waals surface area contributed by atoms with Crippen LogP contribution >= 0.6 is 0 Å². The van der Waals surface area contributed by atoms with E-state index in [0.29, 0.717) is 17.9 Å². The van der Waals surface area contributed by atoms with Crippen molar-refractivity contribution in [3.63, 3.8) is 0 Å². The van der Waals surface area contributed by atoms with E-state index in [4.69, 9.17) is 9.84 Å². The van der Waals surface area contributed by atoms with E-state index < -0.39 is 28.3 Å². The number of ether oxygens (including phenoxy) is 1. The van der Waals surface area contributed by atoms with E-state index >= 15 is 0 Å². The second kappa shape index (κ2) is 6.13. The highest BCUT2D eigenvalue weighted by Crippen LogP contribution is 2.22. The fourth-order valence-corrected chi connectivity index (χ4v) is 3.80. The van der Waals surface area contributed by atoms with Crippen molar-refractivity contribution < 1.29 is 27.9 Å². The van der Waals surface area contributed by atoms with Crippen LogP contribution < -0.4 is 10.1 Å². The Morgan fingerprint density at radius 1 is 1.38 bits per heavy atom. The Kier molecular flexibility index (Phi) is 4.46. The molecule has 1 aliphatic heterocycles. The van der Waals surface area contributed by atoms with Gasteiger partial charge < -0.3 is 15.2 Å². The van der Waals surface area contributed by atoms with Crippen LogP contribution in [-0.4, -0.2) is 43.5 Å². The van der Waals surface area contributed by atoms with Crippen LogP contribution in [0.25, 0.3) is 0 Å². The highest BCUT2D eigenvalue weighted by atomic mass is 32.2. The van der Waals surface area contributed by atoms with Crippen molar-refractivity contribution in [2.75, 3.05) is 23.4 Å². The van der Waals surface area contributed by atoms with Crippen LogP contribution in [0.1, 0.15) is 6.42 Å². The van der Waals surface area contributed by atoms with Crippen molar-refractivity contribution in [2.45, 2.75) is 6.42 Å². The molecule has 0 saturated carbocycles. The van der Waals surface area contributed by atoms with Crippen LogP contribution in [0, 0.1) is 5.92 Å². The van der Waals surface area contributed by atoms with Gasteiger partial charge in [-0.2, -0.15) is 0 Å². The predicted octanol–water partition coefficient (Wildman–Crippen LogP) is 0.523. The molecule has 1 aromatic rings. The van der Waals surface area contributed by atoms with Crippen LogP contribution in [-0.2, 0) is 19.4 Å². The Morgan fingerprint density at radius 3 is 2.76 bits per heavy atom. The summed E-state index contributed by atoms with van der Waals surface area (Å²) in [5.74, 6) is -1.78. The summed E-state index contributed by atoms with van der Waals surface area (Å²) in [5.41, 5.74) is 0.437. The van der Waals surface area contributed by atoms with Gasteiger partial charge in [0, 0.05) is 11.8 Å². The number of anilines is 1. The maximum absolute atomic E-state index is 12.0. The van der Waals surface area contributed by atoms with Gasteiger partial charge in [0.05, 0.1) is 17.4 Å². The molecule has 2 rings (SSSR count). The highest BCUT2D eigenvalue weighted by Gasteiger charge is 2.32. The Hall–Kier alpha value is -2.09. The molecule has 0 spiro atoms. The first kappa shape index (κ1) is 15.3. The number of amides is 1. The summed E-state index contributed by atoms with van der Waals surface area (Å²) >= 11 is 0. The number of benzene rings is 1. The van der Waals surface area contributed by atoms with Gasteiger partial charge in [-0.15, -0.1) is 0 Å². The average molecular weight is 313 g/mol. The monoisotopic (exact) mass is 313 g/mol. The summed E-state index contributed by atoms with van der Waals surface area (Å²) in [7, 11) is -3.11. The number of carboxylic acids is 1. The summed E-state index contributed by atoms with van der Waals surface area (Å²) in [4.78, 5) is 22.4. The van der Waals surface area contributed by atoms with Gasteiger partial charge >= 0.3 is 5.97 Å². The molecule has 0 aliphatic carbocycles. The average Bonchev–Trinajstić information content (AvgIpc) is 2.77. The number of carbonyl (C=O) groups excluding carboxylic acids is 1. The molecule has 1 aliphatic rings. The molecular formula is C13H15NO6S. The number of rotatable bonds is 5. The Morgan fingerprint density at radius 2 is 2.14 bits per heavy atom. The molecule has 1 aromatic carbocycles. The first-order valence-corrected chi connectivity index (χ1v) is 8.14. The second-order valence-electron chi connectivity index (χ2n) is 4.80. The molecule has 2 N–H and O–H groups in total. The number of carbonyl (C=O) groups is 2. The van der Waals surface area contributed by atoms with Crippen molar-refractivity contribution in [1.29, 1.82) is 0 Å². The van der Waals surface area contributed by atoms with Gasteiger partial charge in [-0.25, -0.2) is 13.2 Å². The fourth-order valence-electron chi connectivity index (χ4n) is 2.05. The van der Waals surface area contributed by atoms with E-state index in [-0.39, 0.29) is 17.4 Å². The van der Waals surface area contributed by atoms with E-state index in [9.17, 15) is 18.0 Å². The normalized spacial score (nSPS) is 19.9. The molecule has 0 bridgehead atoms. The number of hydrogen-bond acceptors (Lipinski definition) is 5. The number of sulfone groups is 1. The minimum absolute atomic E-state index is 0.0346. The van der Waals surface area contributed by atoms with Gasteiger partial charge in [0.1, 0.15) is 5.75 Å². The van der Waals surface area contributed by atoms with Gasteiger partial charge in [-0.3, -0.25) is 4.79 Å². The minimum atomic E-state index is -3.11. The molecule has 0 radical (unpaired) electrons. The lowest BCUT2D eigenvalue weighted by atomic mass is 10.1. The van der Waals surface area contributed by atoms with Crippen LogP contribution in [0.4, 0.5) is 5.69 Å². The molecule has 0 aromatic heterocycles. The molecule has 1 heterocycles. The van der Waals surface area contributed by atoms with Crippen molar-refractivity contribution in [1.82, 2.24) is 0 Å². The number of carboxylic acid groups (broad SMARTS) is 1. The smallest absolute Gasteiger partial charge is 0.341 e. The molecular weight excluding hydrogens is 298 g/mol. The summed E-state index contributed by atoms with van der Waals surface area (Å²) < 4.78 is 27.7. The standard InChI is InChI=1S/C13H15NO6S/c15-12(16)7-20-11-3-1-2-10(6-11)14-13(17)9-4-5-21(18,19)8-9/h1-3,6,9H,4-5,7-8H2,(H,14,17)(H,15,16). The van der Waals surface area contributed by atoms with Crippen molar-refractivity contribution in [3.8, 4) is 5.75 Å². The van der Waals surface area contributed by atoms with E-state index in [2.05, 4.69) is 5.32 Å². The number of nitrogens with one attached hydrogen (secondary N) is 1. The van der Waals surface area contributed by atoms with Gasteiger partial charge in [0.15, 0.2) is 16.4 Å². The molecule has 1 fully saturated rings. The SMILES string of the molecule is O=C(O)COc1cccc(NC(=O)C2CCS(=O)(=O)C2)c1. The Bertz CT molecular complexity index is 654. The quantitative estimate of drug-likeness (QED) is 0.820. The molecule has 1 saturated heterocycles. The van der Waals surface area contributed by atoms with Crippen molar-refractivity contribution >= 4 is 27.4 Å². The third-order valence-corrected chi connectivity index (χ3v) is 4.84.